The molecule has 0 aliphatic rings. The number of nitro benzene ring substituents is 1. The molecular formula is C18H15FN6O3. The first-order valence-electron chi connectivity index (χ1n) is 8.29. The average Bonchev–Trinajstić information content (AvgIpc) is 3.05. The zero-order valence-electron chi connectivity index (χ0n) is 15.1. The van der Waals surface area contributed by atoms with E-state index in [9.17, 15) is 19.3 Å². The van der Waals surface area contributed by atoms with Gasteiger partial charge in [-0.3, -0.25) is 14.9 Å². The molecule has 0 unspecified atom stereocenters. The van der Waals surface area contributed by atoms with Gasteiger partial charge in [0.25, 0.3) is 0 Å². The number of aromatic nitrogens is 3. The lowest BCUT2D eigenvalue weighted by Gasteiger charge is -2.11. The van der Waals surface area contributed by atoms with Gasteiger partial charge in [-0.1, -0.05) is 0 Å². The van der Waals surface area contributed by atoms with Gasteiger partial charge in [0.1, 0.15) is 11.6 Å². The van der Waals surface area contributed by atoms with Crippen molar-refractivity contribution in [3.8, 4) is 6.07 Å². The van der Waals surface area contributed by atoms with E-state index < -0.39 is 16.4 Å². The molecule has 9 nitrogen and oxygen atoms in total. The van der Waals surface area contributed by atoms with Crippen LogP contribution in [0.5, 0.6) is 0 Å². The van der Waals surface area contributed by atoms with Crippen LogP contribution in [-0.2, 0) is 11.2 Å². The molecule has 0 aliphatic carbocycles. The molecular weight excluding hydrogens is 367 g/mol. The molecule has 0 fully saturated rings. The van der Waals surface area contributed by atoms with Gasteiger partial charge in [0.2, 0.25) is 11.7 Å². The van der Waals surface area contributed by atoms with Crippen LogP contribution in [0.3, 0.4) is 0 Å². The zero-order chi connectivity index (χ0) is 20.4. The molecule has 10 heteroatoms. The van der Waals surface area contributed by atoms with Crippen molar-refractivity contribution in [2.75, 3.05) is 5.32 Å². The Labute approximate surface area is 158 Å². The highest BCUT2D eigenvalue weighted by molar-refractivity contribution is 5.91. The smallest absolute Gasteiger partial charge is 0.306 e. The second kappa shape index (κ2) is 7.40. The Bertz CT molecular complexity index is 1150. The van der Waals surface area contributed by atoms with Gasteiger partial charge in [-0.2, -0.15) is 14.8 Å². The summed E-state index contributed by atoms with van der Waals surface area (Å²) in [5.74, 6) is -1.34. The molecule has 1 aromatic carbocycles. The third-order valence-electron chi connectivity index (χ3n) is 4.36. The minimum Gasteiger partial charge on any atom is -0.326 e. The van der Waals surface area contributed by atoms with Crippen LogP contribution in [0.4, 0.5) is 15.8 Å². The maximum absolute atomic E-state index is 13.4. The van der Waals surface area contributed by atoms with E-state index in [1.54, 1.807) is 11.4 Å². The molecule has 3 aromatic rings. The minimum atomic E-state index is -0.968. The molecule has 0 aliphatic heterocycles. The van der Waals surface area contributed by atoms with E-state index in [2.05, 4.69) is 15.4 Å². The number of nitro groups is 1. The molecule has 2 heterocycles. The lowest BCUT2D eigenvalue weighted by atomic mass is 10.1. The highest BCUT2D eigenvalue weighted by Gasteiger charge is 2.17. The van der Waals surface area contributed by atoms with Crippen LogP contribution in [0.2, 0.25) is 0 Å². The third-order valence-corrected chi connectivity index (χ3v) is 4.36. The molecule has 0 saturated carbocycles. The number of hydrogen-bond donors (Lipinski definition) is 1. The number of amides is 1. The van der Waals surface area contributed by atoms with Crippen molar-refractivity contribution in [1.82, 2.24) is 14.6 Å². The van der Waals surface area contributed by atoms with Gasteiger partial charge >= 0.3 is 5.69 Å². The van der Waals surface area contributed by atoms with Crippen molar-refractivity contribution in [2.24, 2.45) is 0 Å². The van der Waals surface area contributed by atoms with Gasteiger partial charge in [0.15, 0.2) is 5.65 Å². The highest BCUT2D eigenvalue weighted by Crippen LogP contribution is 2.22. The van der Waals surface area contributed by atoms with Gasteiger partial charge in [-0.25, -0.2) is 9.50 Å². The maximum Gasteiger partial charge on any atom is 0.306 e. The number of fused-ring (bicyclic) bond motifs is 1. The summed E-state index contributed by atoms with van der Waals surface area (Å²) in [6, 6.07) is 5.21. The molecule has 1 amide bonds. The summed E-state index contributed by atoms with van der Waals surface area (Å²) in [5, 5.41) is 26.6. The van der Waals surface area contributed by atoms with Crippen LogP contribution < -0.4 is 5.32 Å². The number of aryl methyl sites for hydroxylation is 2. The summed E-state index contributed by atoms with van der Waals surface area (Å²) in [6.07, 6.45) is 1.89. The summed E-state index contributed by atoms with van der Waals surface area (Å²) in [5.41, 5.74) is 2.55. The van der Waals surface area contributed by atoms with Crippen LogP contribution in [0, 0.1) is 41.1 Å². The SMILES string of the molecule is Cc1nc2c(C#N)cnn2c(C)c1CCC(=O)Nc1ccc(F)c([N+](=O)[O-])c1. The van der Waals surface area contributed by atoms with Crippen LogP contribution in [0.1, 0.15) is 28.9 Å². The number of benzene rings is 1. The number of nitriles is 1. The number of hydrogen-bond acceptors (Lipinski definition) is 6. The molecule has 0 radical (unpaired) electrons. The normalized spacial score (nSPS) is 10.6. The highest BCUT2D eigenvalue weighted by atomic mass is 19.1. The molecule has 0 bridgehead atoms. The fourth-order valence-corrected chi connectivity index (χ4v) is 2.94. The number of carbonyl (C=O) groups is 1. The predicted octanol–water partition coefficient (Wildman–Crippen LogP) is 2.84. The summed E-state index contributed by atoms with van der Waals surface area (Å²) in [7, 11) is 0. The molecule has 1 N–H and O–H groups in total. The Hall–Kier alpha value is -3.87. The van der Waals surface area contributed by atoms with Crippen molar-refractivity contribution in [1.29, 1.82) is 5.26 Å². The minimum absolute atomic E-state index is 0.0897. The topological polar surface area (TPSA) is 126 Å². The van der Waals surface area contributed by atoms with Gasteiger partial charge < -0.3 is 5.32 Å². The van der Waals surface area contributed by atoms with Crippen LogP contribution in [-0.4, -0.2) is 25.4 Å². The zero-order valence-corrected chi connectivity index (χ0v) is 15.1. The number of halogens is 1. The average molecular weight is 382 g/mol. The molecule has 3 rings (SSSR count). The number of nitrogens with one attached hydrogen (secondary N) is 1. The van der Waals surface area contributed by atoms with Gasteiger partial charge in [0.05, 0.1) is 11.1 Å². The monoisotopic (exact) mass is 382 g/mol. The molecule has 28 heavy (non-hydrogen) atoms. The van der Waals surface area contributed by atoms with E-state index in [-0.39, 0.29) is 18.0 Å². The number of rotatable bonds is 5. The van der Waals surface area contributed by atoms with Crippen molar-refractivity contribution in [3.05, 3.63) is 62.8 Å². The van der Waals surface area contributed by atoms with E-state index in [0.29, 0.717) is 23.3 Å². The van der Waals surface area contributed by atoms with Crippen LogP contribution in [0.25, 0.3) is 5.65 Å². The van der Waals surface area contributed by atoms with Gasteiger partial charge in [-0.05, 0) is 38.0 Å². The summed E-state index contributed by atoms with van der Waals surface area (Å²) in [6.45, 7) is 3.62. The summed E-state index contributed by atoms with van der Waals surface area (Å²) < 4.78 is 14.9. The first-order valence-corrected chi connectivity index (χ1v) is 8.29. The van der Waals surface area contributed by atoms with Crippen molar-refractivity contribution < 1.29 is 14.1 Å². The lowest BCUT2D eigenvalue weighted by Crippen LogP contribution is -2.14. The Morgan fingerprint density at radius 2 is 2.18 bits per heavy atom. The van der Waals surface area contributed by atoms with Crippen LogP contribution in [0.15, 0.2) is 24.4 Å². The molecule has 0 spiro atoms. The molecule has 0 atom stereocenters. The van der Waals surface area contributed by atoms with E-state index in [0.717, 1.165) is 23.4 Å². The fourth-order valence-electron chi connectivity index (χ4n) is 2.94. The summed E-state index contributed by atoms with van der Waals surface area (Å²) >= 11 is 0. The standard InChI is InChI=1S/C18H15FN6O3/c1-10-14(11(2)24-18(22-10)12(8-20)9-21-24)4-6-17(26)23-13-3-5-15(19)16(7-13)25(27)28/h3,5,7,9H,4,6H2,1-2H3,(H,23,26). The number of anilines is 1. The van der Waals surface area contributed by atoms with Crippen molar-refractivity contribution in [3.63, 3.8) is 0 Å². The van der Waals surface area contributed by atoms with E-state index in [4.69, 9.17) is 5.26 Å². The number of nitrogens with zero attached hydrogens (tertiary/aromatic N) is 5. The second-order valence-electron chi connectivity index (χ2n) is 6.14. The van der Waals surface area contributed by atoms with Gasteiger partial charge in [-0.15, -0.1) is 0 Å². The Balaban J connectivity index is 1.76. The van der Waals surface area contributed by atoms with Gasteiger partial charge in [0, 0.05) is 29.6 Å². The van der Waals surface area contributed by atoms with E-state index in [1.165, 1.54) is 12.3 Å². The predicted molar refractivity (Wildman–Crippen MR) is 97.2 cm³/mol. The third kappa shape index (κ3) is 3.50. The largest absolute Gasteiger partial charge is 0.326 e. The van der Waals surface area contributed by atoms with E-state index >= 15 is 0 Å². The molecule has 2 aromatic heterocycles. The van der Waals surface area contributed by atoms with Crippen molar-refractivity contribution >= 4 is 22.9 Å². The first kappa shape index (κ1) is 18.9. The Kier molecular flexibility index (Phi) is 5.00. The van der Waals surface area contributed by atoms with E-state index in [1.807, 2.05) is 13.0 Å². The number of carbonyl (C=O) groups excluding carboxylic acids is 1. The van der Waals surface area contributed by atoms with Crippen LogP contribution >= 0.6 is 0 Å². The lowest BCUT2D eigenvalue weighted by molar-refractivity contribution is -0.387. The quantitative estimate of drug-likeness (QED) is 0.534. The Morgan fingerprint density at radius 1 is 1.43 bits per heavy atom. The molecule has 142 valence electrons. The summed E-state index contributed by atoms with van der Waals surface area (Å²) in [4.78, 5) is 26.6. The molecule has 0 saturated heterocycles. The maximum atomic E-state index is 13.4. The first-order chi connectivity index (χ1) is 13.3. The Morgan fingerprint density at radius 3 is 2.86 bits per heavy atom. The second-order valence-corrected chi connectivity index (χ2v) is 6.14. The van der Waals surface area contributed by atoms with Crippen molar-refractivity contribution in [2.45, 2.75) is 26.7 Å². The fraction of sp³-hybridized carbons (Fsp3) is 0.222.